The second kappa shape index (κ2) is 5.79. The van der Waals surface area contributed by atoms with Crippen molar-refractivity contribution in [3.63, 3.8) is 0 Å². The molecular weight excluding hydrogens is 284 g/mol. The van der Waals surface area contributed by atoms with Crippen LogP contribution in [0.4, 0.5) is 5.69 Å². The van der Waals surface area contributed by atoms with Gasteiger partial charge in [0.15, 0.2) is 5.75 Å². The molecule has 0 aliphatic carbocycles. The Kier molecular flexibility index (Phi) is 4.09. The number of nitro groups is 1. The van der Waals surface area contributed by atoms with Gasteiger partial charge in [-0.2, -0.15) is 4.98 Å². The summed E-state index contributed by atoms with van der Waals surface area (Å²) in [6.07, 6.45) is 1.64. The molecule has 2 rings (SSSR count). The third kappa shape index (κ3) is 3.00. The molecule has 0 unspecified atom stereocenters. The zero-order valence-electron chi connectivity index (χ0n) is 10.8. The van der Waals surface area contributed by atoms with E-state index in [-0.39, 0.29) is 16.9 Å². The summed E-state index contributed by atoms with van der Waals surface area (Å²) in [5.74, 6) is 0.214. The smallest absolute Gasteiger partial charge is 0.349 e. The van der Waals surface area contributed by atoms with Crippen molar-refractivity contribution in [1.29, 1.82) is 0 Å². The summed E-state index contributed by atoms with van der Waals surface area (Å²) < 4.78 is 5.49. The van der Waals surface area contributed by atoms with Crippen molar-refractivity contribution < 1.29 is 9.66 Å². The predicted octanol–water partition coefficient (Wildman–Crippen LogP) is 3.10. The molecule has 0 fully saturated rings. The highest BCUT2D eigenvalue weighted by Gasteiger charge is 2.20. The van der Waals surface area contributed by atoms with E-state index in [0.717, 1.165) is 11.9 Å². The first-order valence-electron chi connectivity index (χ1n) is 5.82. The third-order valence-corrected chi connectivity index (χ3v) is 2.70. The standard InChI is InChI=1S/C12H11ClN4O3/c1-3-8-10(5-4-7(2)15-8)20-11-9(17(18)19)6-14-12(13)16-11/h4-6H,3H2,1-2H3. The molecule has 2 aromatic rings. The van der Waals surface area contributed by atoms with Gasteiger partial charge in [0.2, 0.25) is 5.28 Å². The lowest BCUT2D eigenvalue weighted by molar-refractivity contribution is -0.386. The number of rotatable bonds is 4. The fraction of sp³-hybridized carbons (Fsp3) is 0.250. The number of aromatic nitrogens is 3. The SMILES string of the molecule is CCc1nc(C)ccc1Oc1nc(Cl)ncc1[N+](=O)[O-]. The van der Waals surface area contributed by atoms with Gasteiger partial charge in [0.05, 0.1) is 10.6 Å². The monoisotopic (exact) mass is 294 g/mol. The lowest BCUT2D eigenvalue weighted by Crippen LogP contribution is -2.01. The van der Waals surface area contributed by atoms with Gasteiger partial charge < -0.3 is 4.74 Å². The molecule has 20 heavy (non-hydrogen) atoms. The molecule has 0 spiro atoms. The molecule has 2 aromatic heterocycles. The number of ether oxygens (including phenoxy) is 1. The van der Waals surface area contributed by atoms with Crippen LogP contribution in [-0.2, 0) is 6.42 Å². The Bertz CT molecular complexity index is 663. The van der Waals surface area contributed by atoms with Gasteiger partial charge in [0, 0.05) is 5.69 Å². The maximum Gasteiger partial charge on any atom is 0.349 e. The molecule has 0 aliphatic rings. The summed E-state index contributed by atoms with van der Waals surface area (Å²) in [5.41, 5.74) is 1.18. The second-order valence-electron chi connectivity index (χ2n) is 3.94. The Morgan fingerprint density at radius 3 is 2.80 bits per heavy atom. The highest BCUT2D eigenvalue weighted by Crippen LogP contribution is 2.31. The van der Waals surface area contributed by atoms with Crippen LogP contribution in [0.3, 0.4) is 0 Å². The summed E-state index contributed by atoms with van der Waals surface area (Å²) in [6.45, 7) is 3.77. The van der Waals surface area contributed by atoms with Gasteiger partial charge in [-0.15, -0.1) is 0 Å². The molecule has 0 atom stereocenters. The van der Waals surface area contributed by atoms with Gasteiger partial charge in [0.25, 0.3) is 0 Å². The summed E-state index contributed by atoms with van der Waals surface area (Å²) in [5, 5.41) is 10.8. The van der Waals surface area contributed by atoms with Crippen LogP contribution < -0.4 is 4.74 Å². The van der Waals surface area contributed by atoms with Crippen molar-refractivity contribution >= 4 is 17.3 Å². The number of aryl methyl sites for hydroxylation is 2. The van der Waals surface area contributed by atoms with Gasteiger partial charge in [-0.25, -0.2) is 4.98 Å². The van der Waals surface area contributed by atoms with E-state index in [0.29, 0.717) is 17.9 Å². The lowest BCUT2D eigenvalue weighted by Gasteiger charge is -2.09. The Hall–Kier alpha value is -2.28. The molecule has 0 N–H and O–H groups in total. The molecule has 0 aliphatic heterocycles. The Morgan fingerprint density at radius 2 is 2.15 bits per heavy atom. The average Bonchev–Trinajstić information content (AvgIpc) is 2.40. The number of hydrogen-bond acceptors (Lipinski definition) is 6. The van der Waals surface area contributed by atoms with Crippen LogP contribution >= 0.6 is 11.6 Å². The van der Waals surface area contributed by atoms with Crippen molar-refractivity contribution in [3.8, 4) is 11.6 Å². The molecule has 0 saturated carbocycles. The highest BCUT2D eigenvalue weighted by molar-refractivity contribution is 6.28. The van der Waals surface area contributed by atoms with Gasteiger partial charge in [-0.3, -0.25) is 15.1 Å². The van der Waals surface area contributed by atoms with E-state index < -0.39 is 4.92 Å². The maximum atomic E-state index is 10.9. The quantitative estimate of drug-likeness (QED) is 0.489. The van der Waals surface area contributed by atoms with Crippen LogP contribution in [0.1, 0.15) is 18.3 Å². The van der Waals surface area contributed by atoms with Gasteiger partial charge >= 0.3 is 11.6 Å². The largest absolute Gasteiger partial charge is 0.432 e. The molecule has 0 aromatic carbocycles. The van der Waals surface area contributed by atoms with E-state index in [4.69, 9.17) is 16.3 Å². The summed E-state index contributed by atoms with van der Waals surface area (Å²) in [6, 6.07) is 3.45. The second-order valence-corrected chi connectivity index (χ2v) is 4.28. The van der Waals surface area contributed by atoms with Gasteiger partial charge in [0.1, 0.15) is 6.20 Å². The van der Waals surface area contributed by atoms with E-state index in [1.165, 1.54) is 0 Å². The van der Waals surface area contributed by atoms with Crippen molar-refractivity contribution in [2.45, 2.75) is 20.3 Å². The van der Waals surface area contributed by atoms with E-state index in [9.17, 15) is 10.1 Å². The van der Waals surface area contributed by atoms with Crippen LogP contribution in [0, 0.1) is 17.0 Å². The first-order chi connectivity index (χ1) is 9.51. The summed E-state index contributed by atoms with van der Waals surface area (Å²) >= 11 is 5.65. The topological polar surface area (TPSA) is 91.0 Å². The minimum Gasteiger partial charge on any atom is -0.432 e. The zero-order chi connectivity index (χ0) is 14.7. The number of nitrogens with zero attached hydrogens (tertiary/aromatic N) is 4. The minimum atomic E-state index is -0.626. The van der Waals surface area contributed by atoms with E-state index in [1.54, 1.807) is 12.1 Å². The maximum absolute atomic E-state index is 10.9. The van der Waals surface area contributed by atoms with Crippen LogP contribution in [-0.4, -0.2) is 19.9 Å². The van der Waals surface area contributed by atoms with Crippen molar-refractivity contribution in [2.75, 3.05) is 0 Å². The van der Waals surface area contributed by atoms with Crippen molar-refractivity contribution in [3.05, 3.63) is 45.1 Å². The fourth-order valence-corrected chi connectivity index (χ4v) is 1.71. The van der Waals surface area contributed by atoms with E-state index >= 15 is 0 Å². The summed E-state index contributed by atoms with van der Waals surface area (Å²) in [7, 11) is 0. The molecule has 2 heterocycles. The summed E-state index contributed by atoms with van der Waals surface area (Å²) in [4.78, 5) is 21.9. The van der Waals surface area contributed by atoms with E-state index in [1.807, 2.05) is 13.8 Å². The lowest BCUT2D eigenvalue weighted by atomic mass is 10.2. The molecular formula is C12H11ClN4O3. The third-order valence-electron chi connectivity index (χ3n) is 2.52. The van der Waals surface area contributed by atoms with Crippen molar-refractivity contribution in [1.82, 2.24) is 15.0 Å². The predicted molar refractivity (Wildman–Crippen MR) is 72.1 cm³/mol. The minimum absolute atomic E-state index is 0.122. The first-order valence-corrected chi connectivity index (χ1v) is 6.20. The van der Waals surface area contributed by atoms with E-state index in [2.05, 4.69) is 15.0 Å². The molecule has 7 nitrogen and oxygen atoms in total. The van der Waals surface area contributed by atoms with Crippen LogP contribution in [0.25, 0.3) is 0 Å². The zero-order valence-corrected chi connectivity index (χ0v) is 11.6. The number of hydrogen-bond donors (Lipinski definition) is 0. The Morgan fingerprint density at radius 1 is 1.40 bits per heavy atom. The van der Waals surface area contributed by atoms with Crippen molar-refractivity contribution in [2.24, 2.45) is 0 Å². The van der Waals surface area contributed by atoms with Crippen LogP contribution in [0.5, 0.6) is 11.6 Å². The number of pyridine rings is 1. The molecule has 104 valence electrons. The van der Waals surface area contributed by atoms with Gasteiger partial charge in [-0.1, -0.05) is 6.92 Å². The molecule has 8 heteroatoms. The average molecular weight is 295 g/mol. The fourth-order valence-electron chi connectivity index (χ4n) is 1.59. The molecule has 0 radical (unpaired) electrons. The number of halogens is 1. The molecule has 0 amide bonds. The van der Waals surface area contributed by atoms with Crippen LogP contribution in [0.15, 0.2) is 18.3 Å². The highest BCUT2D eigenvalue weighted by atomic mass is 35.5. The molecule has 0 bridgehead atoms. The van der Waals surface area contributed by atoms with Crippen LogP contribution in [0.2, 0.25) is 5.28 Å². The Balaban J connectivity index is 2.44. The van der Waals surface area contributed by atoms with Gasteiger partial charge in [-0.05, 0) is 37.1 Å². The molecule has 0 saturated heterocycles. The Labute approximate surface area is 119 Å². The first kappa shape index (κ1) is 14.1. The normalized spacial score (nSPS) is 10.3.